The lowest BCUT2D eigenvalue weighted by Gasteiger charge is -2.20. The van der Waals surface area contributed by atoms with Gasteiger partial charge in [-0.15, -0.1) is 0 Å². The first kappa shape index (κ1) is 28.0. The van der Waals surface area contributed by atoms with Crippen LogP contribution in [0.3, 0.4) is 0 Å². The summed E-state index contributed by atoms with van der Waals surface area (Å²) < 4.78 is 45.9. The summed E-state index contributed by atoms with van der Waals surface area (Å²) in [4.78, 5) is 29.9. The van der Waals surface area contributed by atoms with E-state index in [-0.39, 0.29) is 23.1 Å². The van der Waals surface area contributed by atoms with Gasteiger partial charge in [0.25, 0.3) is 5.91 Å². The van der Waals surface area contributed by atoms with E-state index in [0.717, 1.165) is 11.1 Å². The molecule has 1 atom stereocenters. The van der Waals surface area contributed by atoms with Crippen LogP contribution >= 0.6 is 11.9 Å². The molecule has 2 heterocycles. The molecule has 37 heavy (non-hydrogen) atoms. The normalized spacial score (nSPS) is 13.2. The molecule has 0 bridgehead atoms. The Kier molecular flexibility index (Phi) is 8.85. The second-order valence-electron chi connectivity index (χ2n) is 8.46. The number of nitrogens with one attached hydrogen (secondary N) is 2. The minimum absolute atomic E-state index is 0.0525. The van der Waals surface area contributed by atoms with Crippen LogP contribution in [0.1, 0.15) is 59.8 Å². The van der Waals surface area contributed by atoms with Crippen LogP contribution in [-0.2, 0) is 0 Å². The number of amides is 1. The average molecular weight is 532 g/mol. The van der Waals surface area contributed by atoms with Crippen LogP contribution in [0.25, 0.3) is 16.5 Å². The second kappa shape index (κ2) is 11.7. The maximum absolute atomic E-state index is 13.3. The summed E-state index contributed by atoms with van der Waals surface area (Å²) in [5.74, 6) is -1.51. The standard InChI is InChI=1S/C27H28F3N3O3S/c1-6-9-18(7-2)24-16(4)23(34)20-13-15(3)12-19(25(20)36-24)17(5)32-21-10-8-11-31-22(21)26(35)33-37-14-27(28,29)30/h6-13,17,32H,14H2,1-5H3,(H,33,35)/b9-6-,18-7+. The summed E-state index contributed by atoms with van der Waals surface area (Å²) in [5, 5.41) is 3.65. The zero-order valence-electron chi connectivity index (χ0n) is 21.1. The van der Waals surface area contributed by atoms with Crippen molar-refractivity contribution < 1.29 is 22.4 Å². The highest BCUT2D eigenvalue weighted by molar-refractivity contribution is 7.98. The highest BCUT2D eigenvalue weighted by Gasteiger charge is 2.28. The third kappa shape index (κ3) is 6.62. The number of hydrogen-bond donors (Lipinski definition) is 2. The first-order valence-corrected chi connectivity index (χ1v) is 12.5. The molecular weight excluding hydrogens is 503 g/mol. The lowest BCUT2D eigenvalue weighted by atomic mass is 9.98. The fourth-order valence-corrected chi connectivity index (χ4v) is 4.36. The SMILES string of the molecule is C/C=C\C(=C/C)c1oc2c(C(C)Nc3cccnc3C(=O)NSCC(F)(F)F)cc(C)cc2c(=O)c1C. The Morgan fingerprint density at radius 3 is 2.62 bits per heavy atom. The molecule has 3 rings (SSSR count). The summed E-state index contributed by atoms with van der Waals surface area (Å²) in [6.45, 7) is 9.18. The summed E-state index contributed by atoms with van der Waals surface area (Å²) in [6.07, 6.45) is 2.56. The monoisotopic (exact) mass is 531 g/mol. The number of anilines is 1. The Labute approximate surface area is 217 Å². The Hall–Kier alpha value is -3.53. The number of benzene rings is 1. The summed E-state index contributed by atoms with van der Waals surface area (Å²) >= 11 is 0.251. The summed E-state index contributed by atoms with van der Waals surface area (Å²) in [5.41, 5.74) is 3.35. The molecule has 0 spiro atoms. The summed E-state index contributed by atoms with van der Waals surface area (Å²) in [6, 6.07) is 6.44. The first-order valence-electron chi connectivity index (χ1n) is 11.5. The van der Waals surface area contributed by atoms with Gasteiger partial charge in [0.1, 0.15) is 17.1 Å². The van der Waals surface area contributed by atoms with Gasteiger partial charge in [0.2, 0.25) is 0 Å². The molecule has 0 aliphatic rings. The van der Waals surface area contributed by atoms with Gasteiger partial charge in [0, 0.05) is 22.9 Å². The molecule has 10 heteroatoms. The van der Waals surface area contributed by atoms with Crippen molar-refractivity contribution >= 4 is 40.1 Å². The van der Waals surface area contributed by atoms with Gasteiger partial charge in [-0.25, -0.2) is 4.98 Å². The van der Waals surface area contributed by atoms with E-state index < -0.39 is 23.9 Å². The molecule has 0 saturated heterocycles. The van der Waals surface area contributed by atoms with Crippen molar-refractivity contribution in [2.45, 2.75) is 46.8 Å². The molecule has 2 N–H and O–H groups in total. The molecule has 0 aliphatic heterocycles. The average Bonchev–Trinajstić information content (AvgIpc) is 2.84. The Morgan fingerprint density at radius 1 is 1.24 bits per heavy atom. The van der Waals surface area contributed by atoms with Crippen LogP contribution in [0.2, 0.25) is 0 Å². The first-order chi connectivity index (χ1) is 17.5. The van der Waals surface area contributed by atoms with Crippen molar-refractivity contribution in [2.75, 3.05) is 11.1 Å². The fourth-order valence-electron chi connectivity index (χ4n) is 3.89. The van der Waals surface area contributed by atoms with E-state index in [1.165, 1.54) is 6.20 Å². The van der Waals surface area contributed by atoms with Crippen LogP contribution in [0.15, 0.2) is 57.9 Å². The van der Waals surface area contributed by atoms with E-state index in [1.54, 1.807) is 25.1 Å². The number of fused-ring (bicyclic) bond motifs is 1. The fraction of sp³-hybridized carbons (Fsp3) is 0.296. The number of aryl methyl sites for hydroxylation is 1. The summed E-state index contributed by atoms with van der Waals surface area (Å²) in [7, 11) is 0. The van der Waals surface area contributed by atoms with Crippen LogP contribution in [0.4, 0.5) is 18.9 Å². The molecule has 3 aromatic rings. The van der Waals surface area contributed by atoms with Crippen LogP contribution in [0, 0.1) is 13.8 Å². The molecule has 0 aliphatic carbocycles. The smallest absolute Gasteiger partial charge is 0.399 e. The number of halogens is 3. The molecule has 1 aromatic carbocycles. The topological polar surface area (TPSA) is 84.2 Å². The van der Waals surface area contributed by atoms with Crippen LogP contribution in [-0.4, -0.2) is 22.8 Å². The van der Waals surface area contributed by atoms with Crippen molar-refractivity contribution in [1.29, 1.82) is 0 Å². The number of hydrogen-bond acceptors (Lipinski definition) is 6. The Balaban J connectivity index is 2.03. The van der Waals surface area contributed by atoms with E-state index in [0.29, 0.717) is 33.5 Å². The molecule has 0 fully saturated rings. The van der Waals surface area contributed by atoms with E-state index in [9.17, 15) is 22.8 Å². The largest absolute Gasteiger partial charge is 0.455 e. The molecule has 1 unspecified atom stereocenters. The van der Waals surface area contributed by atoms with Crippen molar-refractivity contribution in [3.8, 4) is 0 Å². The van der Waals surface area contributed by atoms with Crippen LogP contribution < -0.4 is 15.5 Å². The van der Waals surface area contributed by atoms with Gasteiger partial charge < -0.3 is 9.73 Å². The molecule has 0 radical (unpaired) electrons. The number of nitrogens with zero attached hydrogens (tertiary/aromatic N) is 1. The van der Waals surface area contributed by atoms with Crippen molar-refractivity contribution in [2.24, 2.45) is 0 Å². The maximum Gasteiger partial charge on any atom is 0.399 e. The van der Waals surface area contributed by atoms with Gasteiger partial charge in [-0.2, -0.15) is 13.2 Å². The van der Waals surface area contributed by atoms with Crippen molar-refractivity contribution in [3.63, 3.8) is 0 Å². The quantitative estimate of drug-likeness (QED) is 0.243. The minimum Gasteiger partial charge on any atom is -0.455 e. The Bertz CT molecular complexity index is 1430. The number of alkyl halides is 3. The molecule has 6 nitrogen and oxygen atoms in total. The number of carbonyl (C=O) groups excluding carboxylic acids is 1. The second-order valence-corrected chi connectivity index (χ2v) is 9.24. The van der Waals surface area contributed by atoms with Gasteiger partial charge >= 0.3 is 6.18 Å². The van der Waals surface area contributed by atoms with E-state index in [4.69, 9.17) is 4.42 Å². The van der Waals surface area contributed by atoms with Gasteiger partial charge in [0.15, 0.2) is 11.1 Å². The highest BCUT2D eigenvalue weighted by Crippen LogP contribution is 2.31. The van der Waals surface area contributed by atoms with Gasteiger partial charge in [-0.1, -0.05) is 24.3 Å². The van der Waals surface area contributed by atoms with E-state index >= 15 is 0 Å². The van der Waals surface area contributed by atoms with E-state index in [2.05, 4.69) is 15.0 Å². The number of rotatable bonds is 8. The third-order valence-corrected chi connectivity index (χ3v) is 6.37. The van der Waals surface area contributed by atoms with Gasteiger partial charge in [-0.3, -0.25) is 14.3 Å². The lowest BCUT2D eigenvalue weighted by molar-refractivity contribution is -0.105. The predicted molar refractivity (Wildman–Crippen MR) is 143 cm³/mol. The minimum atomic E-state index is -4.41. The molecular formula is C27H28F3N3O3S. The predicted octanol–water partition coefficient (Wildman–Crippen LogP) is 6.90. The highest BCUT2D eigenvalue weighted by atomic mass is 32.2. The number of carbonyl (C=O) groups is 1. The van der Waals surface area contributed by atoms with Crippen molar-refractivity contribution in [1.82, 2.24) is 9.71 Å². The van der Waals surface area contributed by atoms with Crippen LogP contribution in [0.5, 0.6) is 0 Å². The molecule has 1 amide bonds. The molecule has 0 saturated carbocycles. The maximum atomic E-state index is 13.3. The lowest BCUT2D eigenvalue weighted by Crippen LogP contribution is -2.23. The number of allylic oxidation sites excluding steroid dienone is 4. The van der Waals surface area contributed by atoms with Crippen molar-refractivity contribution in [3.05, 3.63) is 87.1 Å². The number of pyridine rings is 1. The molecule has 2 aromatic heterocycles. The third-order valence-electron chi connectivity index (χ3n) is 5.57. The molecule has 196 valence electrons. The number of aromatic nitrogens is 1. The zero-order valence-corrected chi connectivity index (χ0v) is 21.9. The Morgan fingerprint density at radius 2 is 1.97 bits per heavy atom. The zero-order chi connectivity index (χ0) is 27.3. The van der Waals surface area contributed by atoms with E-state index in [1.807, 2.05) is 52.0 Å². The van der Waals surface area contributed by atoms with Gasteiger partial charge in [0.05, 0.1) is 17.1 Å². The van der Waals surface area contributed by atoms with Gasteiger partial charge in [-0.05, 0) is 70.3 Å².